The van der Waals surface area contributed by atoms with Crippen molar-refractivity contribution in [3.63, 3.8) is 0 Å². The molecule has 7 heteroatoms. The minimum atomic E-state index is -0.826. The lowest BCUT2D eigenvalue weighted by molar-refractivity contribution is -0.122. The zero-order valence-corrected chi connectivity index (χ0v) is 14.8. The molecule has 0 aliphatic carbocycles. The van der Waals surface area contributed by atoms with Crippen LogP contribution in [0.2, 0.25) is 0 Å². The monoisotopic (exact) mass is 371 g/mol. The average molecular weight is 371 g/mol. The van der Waals surface area contributed by atoms with Gasteiger partial charge in [-0.3, -0.25) is 9.59 Å². The highest BCUT2D eigenvalue weighted by Gasteiger charge is 2.21. The quantitative estimate of drug-likeness (QED) is 0.699. The summed E-state index contributed by atoms with van der Waals surface area (Å²) >= 11 is 1.48. The van der Waals surface area contributed by atoms with Gasteiger partial charge in [-0.1, -0.05) is 36.4 Å². The van der Waals surface area contributed by atoms with Gasteiger partial charge in [-0.15, -0.1) is 0 Å². The van der Waals surface area contributed by atoms with Crippen LogP contribution in [-0.2, 0) is 10.5 Å². The van der Waals surface area contributed by atoms with Gasteiger partial charge in [-0.05, 0) is 23.8 Å². The molecule has 5 nitrogen and oxygen atoms in total. The van der Waals surface area contributed by atoms with Crippen LogP contribution in [-0.4, -0.2) is 30.2 Å². The number of thioether (sulfide) groups is 1. The molecule has 134 valence electrons. The summed E-state index contributed by atoms with van der Waals surface area (Å²) in [5.41, 5.74) is 1.24. The summed E-state index contributed by atoms with van der Waals surface area (Å²) in [6.07, 6.45) is 0. The van der Waals surface area contributed by atoms with E-state index in [4.69, 9.17) is 5.26 Å². The topological polar surface area (TPSA) is 82.0 Å². The third kappa shape index (κ3) is 6.22. The van der Waals surface area contributed by atoms with Gasteiger partial charge in [0, 0.05) is 17.1 Å². The first-order valence-corrected chi connectivity index (χ1v) is 9.08. The van der Waals surface area contributed by atoms with Crippen LogP contribution in [0.3, 0.4) is 0 Å². The molecule has 0 aliphatic rings. The number of nitrogens with one attached hydrogen (secondary N) is 2. The standard InChI is InChI=1S/C19H18FN3O2S/c20-16-8-4-7-15(11-16)18(24)23-17(19(25)22-10-9-21)13-26-12-14-5-2-1-3-6-14/h1-8,11,17H,10,12-13H2,(H,22,25)(H,23,24)/t17-/m0/s1. The summed E-state index contributed by atoms with van der Waals surface area (Å²) in [5, 5.41) is 13.7. The van der Waals surface area contributed by atoms with Gasteiger partial charge < -0.3 is 10.6 Å². The summed E-state index contributed by atoms with van der Waals surface area (Å²) in [6.45, 7) is -0.144. The third-order valence-electron chi connectivity index (χ3n) is 3.45. The van der Waals surface area contributed by atoms with Crippen LogP contribution in [0, 0.1) is 17.1 Å². The highest BCUT2D eigenvalue weighted by Crippen LogP contribution is 2.13. The van der Waals surface area contributed by atoms with Crippen LogP contribution in [0.15, 0.2) is 54.6 Å². The lowest BCUT2D eigenvalue weighted by Crippen LogP contribution is -2.48. The van der Waals surface area contributed by atoms with E-state index < -0.39 is 23.7 Å². The molecule has 0 unspecified atom stereocenters. The molecule has 0 heterocycles. The van der Waals surface area contributed by atoms with Crippen LogP contribution in [0.4, 0.5) is 4.39 Å². The van der Waals surface area contributed by atoms with Gasteiger partial charge in [0.25, 0.3) is 5.91 Å². The number of hydrogen-bond donors (Lipinski definition) is 2. The molecule has 0 saturated heterocycles. The molecule has 2 amide bonds. The minimum absolute atomic E-state index is 0.135. The van der Waals surface area contributed by atoms with E-state index in [1.165, 1.54) is 30.0 Å². The molecule has 2 N–H and O–H groups in total. The fourth-order valence-corrected chi connectivity index (χ4v) is 3.19. The largest absolute Gasteiger partial charge is 0.341 e. The Labute approximate surface area is 155 Å². The van der Waals surface area contributed by atoms with Gasteiger partial charge in [0.1, 0.15) is 18.4 Å². The molecule has 2 aromatic rings. The number of nitrogens with zero attached hydrogens (tertiary/aromatic N) is 1. The van der Waals surface area contributed by atoms with Gasteiger partial charge >= 0.3 is 0 Å². The van der Waals surface area contributed by atoms with Crippen molar-refractivity contribution in [1.29, 1.82) is 5.26 Å². The molecular formula is C19H18FN3O2S. The van der Waals surface area contributed by atoms with E-state index >= 15 is 0 Å². The lowest BCUT2D eigenvalue weighted by Gasteiger charge is -2.17. The van der Waals surface area contributed by atoms with Gasteiger partial charge in [0.15, 0.2) is 0 Å². The second-order valence-corrected chi connectivity index (χ2v) is 6.44. The predicted octanol–water partition coefficient (Wildman–Crippen LogP) is 2.50. The van der Waals surface area contributed by atoms with Crippen LogP contribution < -0.4 is 10.6 Å². The summed E-state index contributed by atoms with van der Waals surface area (Å²) < 4.78 is 13.3. The fourth-order valence-electron chi connectivity index (χ4n) is 2.17. The van der Waals surface area contributed by atoms with Crippen molar-refractivity contribution < 1.29 is 14.0 Å². The highest BCUT2D eigenvalue weighted by molar-refractivity contribution is 7.98. The van der Waals surface area contributed by atoms with E-state index in [0.29, 0.717) is 11.5 Å². The maximum Gasteiger partial charge on any atom is 0.252 e. The molecule has 0 aliphatic heterocycles. The number of benzene rings is 2. The zero-order chi connectivity index (χ0) is 18.8. The number of rotatable bonds is 8. The number of carbonyl (C=O) groups excluding carboxylic acids is 2. The molecule has 1 atom stereocenters. The molecule has 0 aromatic heterocycles. The molecule has 26 heavy (non-hydrogen) atoms. The van der Waals surface area contributed by atoms with Crippen molar-refractivity contribution in [2.24, 2.45) is 0 Å². The predicted molar refractivity (Wildman–Crippen MR) is 98.9 cm³/mol. The van der Waals surface area contributed by atoms with Gasteiger partial charge in [-0.2, -0.15) is 17.0 Å². The summed E-state index contributed by atoms with van der Waals surface area (Å²) in [4.78, 5) is 24.5. The Kier molecular flexibility index (Phi) is 7.65. The first kappa shape index (κ1) is 19.5. The first-order valence-electron chi connectivity index (χ1n) is 7.93. The molecule has 0 radical (unpaired) electrons. The van der Waals surface area contributed by atoms with Crippen LogP contribution in [0.25, 0.3) is 0 Å². The highest BCUT2D eigenvalue weighted by atomic mass is 32.2. The van der Waals surface area contributed by atoms with Crippen LogP contribution in [0.5, 0.6) is 0 Å². The van der Waals surface area contributed by atoms with Crippen molar-refractivity contribution in [3.8, 4) is 6.07 Å². The SMILES string of the molecule is N#CCNC(=O)[C@H](CSCc1ccccc1)NC(=O)c1cccc(F)c1. The van der Waals surface area contributed by atoms with E-state index in [0.717, 1.165) is 11.6 Å². The fraction of sp³-hybridized carbons (Fsp3) is 0.211. The van der Waals surface area contributed by atoms with Crippen molar-refractivity contribution in [1.82, 2.24) is 10.6 Å². The number of carbonyl (C=O) groups is 2. The van der Waals surface area contributed by atoms with Crippen LogP contribution >= 0.6 is 11.8 Å². The van der Waals surface area contributed by atoms with Crippen molar-refractivity contribution in [2.75, 3.05) is 12.3 Å². The Morgan fingerprint density at radius 1 is 1.15 bits per heavy atom. The van der Waals surface area contributed by atoms with Crippen molar-refractivity contribution >= 4 is 23.6 Å². The molecule has 0 bridgehead atoms. The maximum absolute atomic E-state index is 13.3. The molecule has 2 rings (SSSR count). The number of hydrogen-bond acceptors (Lipinski definition) is 4. The van der Waals surface area contributed by atoms with E-state index in [-0.39, 0.29) is 12.1 Å². The number of halogens is 1. The summed E-state index contributed by atoms with van der Waals surface area (Å²) in [6, 6.07) is 16.0. The number of amides is 2. The maximum atomic E-state index is 13.3. The van der Waals surface area contributed by atoms with E-state index in [1.807, 2.05) is 36.4 Å². The Morgan fingerprint density at radius 3 is 2.62 bits per heavy atom. The Hall–Kier alpha value is -2.85. The lowest BCUT2D eigenvalue weighted by atomic mass is 10.2. The van der Waals surface area contributed by atoms with Gasteiger partial charge in [0.05, 0.1) is 6.07 Å². The summed E-state index contributed by atoms with van der Waals surface area (Å²) in [5.74, 6) is -0.508. The van der Waals surface area contributed by atoms with Gasteiger partial charge in [0.2, 0.25) is 5.91 Å². The second-order valence-electron chi connectivity index (χ2n) is 5.41. The summed E-state index contributed by atoms with van der Waals surface area (Å²) in [7, 11) is 0. The number of nitriles is 1. The Balaban J connectivity index is 1.99. The molecule has 0 saturated carbocycles. The Morgan fingerprint density at radius 2 is 1.92 bits per heavy atom. The molecular weight excluding hydrogens is 353 g/mol. The minimum Gasteiger partial charge on any atom is -0.341 e. The zero-order valence-electron chi connectivity index (χ0n) is 13.9. The smallest absolute Gasteiger partial charge is 0.252 e. The van der Waals surface area contributed by atoms with E-state index in [2.05, 4.69) is 10.6 Å². The molecule has 0 spiro atoms. The third-order valence-corrected chi connectivity index (χ3v) is 4.55. The average Bonchev–Trinajstić information content (AvgIpc) is 2.66. The van der Waals surface area contributed by atoms with Crippen molar-refractivity contribution in [3.05, 3.63) is 71.5 Å². The first-order chi connectivity index (χ1) is 12.6. The van der Waals surface area contributed by atoms with E-state index in [1.54, 1.807) is 0 Å². The normalized spacial score (nSPS) is 11.2. The van der Waals surface area contributed by atoms with E-state index in [9.17, 15) is 14.0 Å². The second kappa shape index (κ2) is 10.2. The molecule has 0 fully saturated rings. The Bertz CT molecular complexity index is 793. The van der Waals surface area contributed by atoms with Gasteiger partial charge in [-0.25, -0.2) is 4.39 Å². The van der Waals surface area contributed by atoms with Crippen molar-refractivity contribution in [2.45, 2.75) is 11.8 Å². The molecule has 2 aromatic carbocycles. The van der Waals surface area contributed by atoms with Crippen LogP contribution in [0.1, 0.15) is 15.9 Å².